The lowest BCUT2D eigenvalue weighted by Gasteiger charge is -2.48. The monoisotopic (exact) mass is 883 g/mol. The zero-order chi connectivity index (χ0) is 47.8. The lowest BCUT2D eigenvalue weighted by molar-refractivity contribution is 0.332. The van der Waals surface area contributed by atoms with Gasteiger partial charge in [-0.25, -0.2) is 0 Å². The number of rotatable bonds is 3. The number of nitrogens with zero attached hydrogens (tertiary/aromatic N) is 2. The molecule has 2 aliphatic heterocycles. The molecule has 5 aliphatic rings. The second kappa shape index (κ2) is 14.0. The summed E-state index contributed by atoms with van der Waals surface area (Å²) in [4.78, 5) is 5.44. The molecular weight excluding hydrogens is 808 g/mol. The van der Waals surface area contributed by atoms with Crippen molar-refractivity contribution in [3.63, 3.8) is 0 Å². The zero-order valence-corrected chi connectivity index (χ0v) is 43.8. The number of aryl methyl sites for hydroxylation is 1. The van der Waals surface area contributed by atoms with E-state index in [1.54, 1.807) is 0 Å². The van der Waals surface area contributed by atoms with Crippen molar-refractivity contribution in [3.05, 3.63) is 148 Å². The van der Waals surface area contributed by atoms with Gasteiger partial charge < -0.3 is 9.80 Å². The second-order valence-corrected chi connectivity index (χ2v) is 26.8. The summed E-state index contributed by atoms with van der Waals surface area (Å²) in [5, 5.41) is 0. The molecule has 0 fully saturated rings. The van der Waals surface area contributed by atoms with Crippen molar-refractivity contribution in [3.8, 4) is 11.1 Å². The Balaban J connectivity index is 1.28. The highest BCUT2D eigenvalue weighted by Crippen LogP contribution is 2.56. The highest BCUT2D eigenvalue weighted by atomic mass is 15.2. The smallest absolute Gasteiger partial charge is 0.252 e. The Morgan fingerprint density at radius 1 is 0.433 bits per heavy atom. The van der Waals surface area contributed by atoms with Gasteiger partial charge in [-0.15, -0.1) is 0 Å². The van der Waals surface area contributed by atoms with Gasteiger partial charge in [0.1, 0.15) is 0 Å². The van der Waals surface area contributed by atoms with Gasteiger partial charge in [0.05, 0.1) is 5.69 Å². The van der Waals surface area contributed by atoms with E-state index in [0.29, 0.717) is 0 Å². The molecule has 3 aliphatic carbocycles. The minimum Gasteiger partial charge on any atom is -0.311 e. The molecule has 0 atom stereocenters. The molecule has 2 heterocycles. The van der Waals surface area contributed by atoms with Crippen LogP contribution in [0.5, 0.6) is 0 Å². The molecule has 0 saturated heterocycles. The van der Waals surface area contributed by atoms with E-state index in [9.17, 15) is 0 Å². The SMILES string of the molecule is Cc1cc2c3c(c1)N(c1cc4c(cc1-c1ccccc1)C(C)(C)CC4(C)C)c1cc(C(C)(C)C)ccc1B3c1cc3c(cc1N2c1ccc2c(c1)C(C)(C)CCC2(C)C)C(C)(C)CCC3(C)C. The van der Waals surface area contributed by atoms with Crippen LogP contribution in [0.25, 0.3) is 11.1 Å². The molecule has 0 N–H and O–H groups in total. The molecular formula is C64H75BN2. The second-order valence-electron chi connectivity index (χ2n) is 26.8. The zero-order valence-electron chi connectivity index (χ0n) is 43.8. The topological polar surface area (TPSA) is 6.48 Å². The molecule has 0 amide bonds. The molecule has 6 aromatic carbocycles. The quantitative estimate of drug-likeness (QED) is 0.163. The van der Waals surface area contributed by atoms with Gasteiger partial charge in [0, 0.05) is 34.0 Å². The molecule has 0 unspecified atom stereocenters. The van der Waals surface area contributed by atoms with E-state index in [4.69, 9.17) is 0 Å². The summed E-state index contributed by atoms with van der Waals surface area (Å²) in [6, 6.07) is 42.0. The standard InChI is InChI=1S/C64H75BN2/c1-39-30-55-57-56(31-39)67(52-36-49-46(63(13,14)38-64(49,15)16)34-43(52)40-20-18-17-19-21-40)53-32-41(58(2,3)4)22-25-50(53)65(57)51-35-47-48(62(11,12)29-28-61(47,9)10)37-54(51)66(55)42-23-24-44-45(33-42)60(7,8)27-26-59(44,5)6/h17-25,30-37H,26-29,38H2,1-16H3. The van der Waals surface area contributed by atoms with Crippen LogP contribution in [0.2, 0.25) is 0 Å². The van der Waals surface area contributed by atoms with Crippen LogP contribution >= 0.6 is 0 Å². The molecule has 0 aromatic heterocycles. The maximum absolute atomic E-state index is 2.73. The van der Waals surface area contributed by atoms with Gasteiger partial charge in [-0.2, -0.15) is 0 Å². The molecule has 0 spiro atoms. The summed E-state index contributed by atoms with van der Waals surface area (Å²) < 4.78 is 0. The Morgan fingerprint density at radius 2 is 0.940 bits per heavy atom. The van der Waals surface area contributed by atoms with Crippen LogP contribution in [0.3, 0.4) is 0 Å². The van der Waals surface area contributed by atoms with Gasteiger partial charge in [0.15, 0.2) is 0 Å². The molecule has 67 heavy (non-hydrogen) atoms. The summed E-state index contributed by atoms with van der Waals surface area (Å²) >= 11 is 0. The van der Waals surface area contributed by atoms with Crippen LogP contribution in [-0.2, 0) is 37.9 Å². The minimum atomic E-state index is -0.0320. The van der Waals surface area contributed by atoms with Crippen LogP contribution in [0.4, 0.5) is 34.1 Å². The molecule has 0 saturated carbocycles. The summed E-state index contributed by atoms with van der Waals surface area (Å²) in [7, 11) is 0. The number of hydrogen-bond donors (Lipinski definition) is 0. The fourth-order valence-corrected chi connectivity index (χ4v) is 13.9. The third-order valence-corrected chi connectivity index (χ3v) is 17.9. The van der Waals surface area contributed by atoms with E-state index in [0.717, 1.165) is 6.42 Å². The maximum atomic E-state index is 2.73. The van der Waals surface area contributed by atoms with Gasteiger partial charge in [0.25, 0.3) is 6.71 Å². The molecule has 0 radical (unpaired) electrons. The van der Waals surface area contributed by atoms with Crippen LogP contribution in [-0.4, -0.2) is 6.71 Å². The van der Waals surface area contributed by atoms with Gasteiger partial charge in [-0.3, -0.25) is 0 Å². The number of anilines is 6. The Hall–Kier alpha value is -5.02. The van der Waals surface area contributed by atoms with E-state index < -0.39 is 0 Å². The van der Waals surface area contributed by atoms with Crippen molar-refractivity contribution in [1.29, 1.82) is 0 Å². The molecule has 6 aromatic rings. The maximum Gasteiger partial charge on any atom is 0.252 e. The third kappa shape index (κ3) is 6.62. The van der Waals surface area contributed by atoms with Crippen LogP contribution in [0, 0.1) is 6.92 Å². The van der Waals surface area contributed by atoms with Gasteiger partial charge in [-0.1, -0.05) is 158 Å². The van der Waals surface area contributed by atoms with Gasteiger partial charge >= 0.3 is 0 Å². The summed E-state index contributed by atoms with van der Waals surface area (Å²) in [6.45, 7) is 39.2. The summed E-state index contributed by atoms with van der Waals surface area (Å²) in [6.07, 6.45) is 5.88. The van der Waals surface area contributed by atoms with E-state index in [1.807, 2.05) is 0 Å². The average Bonchev–Trinajstić information content (AvgIpc) is 3.44. The van der Waals surface area contributed by atoms with Crippen LogP contribution in [0.1, 0.15) is 180 Å². The largest absolute Gasteiger partial charge is 0.311 e. The van der Waals surface area contributed by atoms with Crippen molar-refractivity contribution in [2.45, 2.75) is 181 Å². The molecule has 344 valence electrons. The van der Waals surface area contributed by atoms with Gasteiger partial charge in [-0.05, 0) is 192 Å². The van der Waals surface area contributed by atoms with Crippen molar-refractivity contribution >= 4 is 57.2 Å². The fourth-order valence-electron chi connectivity index (χ4n) is 13.9. The first-order valence-corrected chi connectivity index (χ1v) is 25.7. The normalized spacial score (nSPS) is 20.6. The van der Waals surface area contributed by atoms with Crippen molar-refractivity contribution in [1.82, 2.24) is 0 Å². The summed E-state index contributed by atoms with van der Waals surface area (Å²) in [5.74, 6) is 0. The first kappa shape index (κ1) is 44.5. The number of hydrogen-bond acceptors (Lipinski definition) is 2. The molecule has 3 heteroatoms. The first-order chi connectivity index (χ1) is 31.2. The predicted molar refractivity (Wildman–Crippen MR) is 291 cm³/mol. The fraction of sp³-hybridized carbons (Fsp3) is 0.438. The first-order valence-electron chi connectivity index (χ1n) is 25.7. The highest BCUT2D eigenvalue weighted by Gasteiger charge is 2.49. The van der Waals surface area contributed by atoms with Crippen molar-refractivity contribution < 1.29 is 0 Å². The van der Waals surface area contributed by atoms with Crippen LogP contribution in [0.15, 0.2) is 103 Å². The third-order valence-electron chi connectivity index (χ3n) is 17.9. The molecule has 0 bridgehead atoms. The Bertz CT molecular complexity index is 3060. The Morgan fingerprint density at radius 3 is 1.55 bits per heavy atom. The van der Waals surface area contributed by atoms with Crippen molar-refractivity contribution in [2.75, 3.05) is 9.80 Å². The highest BCUT2D eigenvalue weighted by molar-refractivity contribution is 7.00. The van der Waals surface area contributed by atoms with E-state index in [-0.39, 0.29) is 44.6 Å². The van der Waals surface area contributed by atoms with Crippen molar-refractivity contribution in [2.24, 2.45) is 0 Å². The van der Waals surface area contributed by atoms with E-state index >= 15 is 0 Å². The summed E-state index contributed by atoms with van der Waals surface area (Å²) in [5.41, 5.74) is 26.7. The Kier molecular flexibility index (Phi) is 9.33. The molecule has 11 rings (SSSR count). The molecule has 2 nitrogen and oxygen atoms in total. The van der Waals surface area contributed by atoms with Crippen LogP contribution < -0.4 is 26.2 Å². The minimum absolute atomic E-state index is 0.0320. The predicted octanol–water partition coefficient (Wildman–Crippen LogP) is 15.7. The van der Waals surface area contributed by atoms with E-state index in [2.05, 4.69) is 224 Å². The van der Waals surface area contributed by atoms with E-state index in [1.165, 1.54) is 132 Å². The number of benzene rings is 6. The van der Waals surface area contributed by atoms with Gasteiger partial charge in [0.2, 0.25) is 0 Å². The Labute approximate surface area is 404 Å². The lowest BCUT2D eigenvalue weighted by Crippen LogP contribution is -2.62. The number of fused-ring (bicyclic) bond motifs is 7. The lowest BCUT2D eigenvalue weighted by atomic mass is 9.33. The average molecular weight is 883 g/mol.